The fourth-order valence-corrected chi connectivity index (χ4v) is 4.11. The quantitative estimate of drug-likeness (QED) is 0.672. The summed E-state index contributed by atoms with van der Waals surface area (Å²) in [6.07, 6.45) is 3.70. The van der Waals surface area contributed by atoms with Crippen molar-refractivity contribution in [1.29, 1.82) is 0 Å². The summed E-state index contributed by atoms with van der Waals surface area (Å²) >= 11 is 1.27. The van der Waals surface area contributed by atoms with Gasteiger partial charge in [-0.05, 0) is 29.3 Å². The van der Waals surface area contributed by atoms with Crippen molar-refractivity contribution in [1.82, 2.24) is 9.88 Å². The summed E-state index contributed by atoms with van der Waals surface area (Å²) < 4.78 is 13.4. The Labute approximate surface area is 171 Å². The second-order valence-electron chi connectivity index (χ2n) is 6.69. The van der Waals surface area contributed by atoms with Gasteiger partial charge in [-0.15, -0.1) is 11.3 Å². The van der Waals surface area contributed by atoms with E-state index in [0.29, 0.717) is 16.4 Å². The molecule has 3 aromatic rings. The molecule has 0 spiro atoms. The Kier molecular flexibility index (Phi) is 5.22. The van der Waals surface area contributed by atoms with E-state index in [9.17, 15) is 14.0 Å². The van der Waals surface area contributed by atoms with Gasteiger partial charge in [0.1, 0.15) is 5.82 Å². The number of hydrogen-bond acceptors (Lipinski definition) is 4. The molecule has 1 aromatic heterocycles. The van der Waals surface area contributed by atoms with Gasteiger partial charge in [-0.3, -0.25) is 9.59 Å². The number of benzene rings is 2. The molecule has 1 atom stereocenters. The molecule has 1 aliphatic rings. The summed E-state index contributed by atoms with van der Waals surface area (Å²) in [4.78, 5) is 30.7. The van der Waals surface area contributed by atoms with E-state index >= 15 is 0 Å². The zero-order valence-corrected chi connectivity index (χ0v) is 16.4. The summed E-state index contributed by atoms with van der Waals surface area (Å²) in [5.74, 6) is -0.711. The second-order valence-corrected chi connectivity index (χ2v) is 7.55. The highest BCUT2D eigenvalue weighted by Gasteiger charge is 2.28. The fourth-order valence-electron chi connectivity index (χ4n) is 3.37. The van der Waals surface area contributed by atoms with Gasteiger partial charge in [0.25, 0.3) is 0 Å². The zero-order valence-electron chi connectivity index (χ0n) is 15.6. The third-order valence-corrected chi connectivity index (χ3v) is 5.48. The Morgan fingerprint density at radius 2 is 2.03 bits per heavy atom. The predicted octanol–water partition coefficient (Wildman–Crippen LogP) is 4.85. The molecule has 0 aliphatic carbocycles. The van der Waals surface area contributed by atoms with Crippen LogP contribution in [0, 0.1) is 5.82 Å². The van der Waals surface area contributed by atoms with Gasteiger partial charge >= 0.3 is 0 Å². The number of nitrogens with zero attached hydrogens (tertiary/aromatic N) is 2. The van der Waals surface area contributed by atoms with Crippen LogP contribution >= 0.6 is 11.3 Å². The second kappa shape index (κ2) is 7.97. The lowest BCUT2D eigenvalue weighted by Crippen LogP contribution is -2.33. The highest BCUT2D eigenvalue weighted by atomic mass is 32.1. The van der Waals surface area contributed by atoms with Gasteiger partial charge in [0.15, 0.2) is 5.13 Å². The number of anilines is 1. The number of hydrogen-bond donors (Lipinski definition) is 1. The number of carbonyl (C=O) groups is 2. The van der Waals surface area contributed by atoms with Gasteiger partial charge in [0.2, 0.25) is 11.8 Å². The smallest absolute Gasteiger partial charge is 0.228 e. The number of thiazole rings is 1. The van der Waals surface area contributed by atoms with Crippen LogP contribution in [0.3, 0.4) is 0 Å². The van der Waals surface area contributed by atoms with Crippen LogP contribution in [-0.2, 0) is 9.59 Å². The number of carbonyl (C=O) groups excluding carboxylic acids is 2. The number of amides is 2. The Hall–Kier alpha value is -3.32. The fraction of sp³-hybridized carbons (Fsp3) is 0.136. The summed E-state index contributed by atoms with van der Waals surface area (Å²) in [7, 11) is 0. The van der Waals surface area contributed by atoms with Gasteiger partial charge in [-0.1, -0.05) is 36.4 Å². The average Bonchev–Trinajstić information content (AvgIpc) is 3.16. The van der Waals surface area contributed by atoms with E-state index in [4.69, 9.17) is 0 Å². The minimum Gasteiger partial charge on any atom is -0.311 e. The Morgan fingerprint density at radius 1 is 1.21 bits per heavy atom. The Balaban J connectivity index is 1.51. The van der Waals surface area contributed by atoms with E-state index in [1.54, 1.807) is 28.6 Å². The van der Waals surface area contributed by atoms with Crippen molar-refractivity contribution < 1.29 is 14.0 Å². The van der Waals surface area contributed by atoms with Crippen molar-refractivity contribution in [3.05, 3.63) is 77.1 Å². The van der Waals surface area contributed by atoms with Crippen LogP contribution in [0.2, 0.25) is 0 Å². The normalized spacial score (nSPS) is 15.1. The lowest BCUT2D eigenvalue weighted by molar-refractivity contribution is -0.129. The average molecular weight is 407 g/mol. The maximum Gasteiger partial charge on any atom is 0.228 e. The first-order chi connectivity index (χ1) is 14.0. The standard InChI is InChI=1S/C22H18FN3O2S/c1-14(27)26-10-9-15-5-2-3-8-18(15)20(26)12-21(28)25-22-24-19(13-29-22)16-6-4-7-17(23)11-16/h2-11,13,20H,12H2,1H3,(H,24,25,28). The Bertz CT molecular complexity index is 1110. The number of aromatic nitrogens is 1. The molecule has 1 aliphatic heterocycles. The van der Waals surface area contributed by atoms with E-state index in [-0.39, 0.29) is 30.1 Å². The van der Waals surface area contributed by atoms with Gasteiger partial charge in [-0.25, -0.2) is 9.37 Å². The first-order valence-electron chi connectivity index (χ1n) is 9.08. The minimum atomic E-state index is -0.378. The minimum absolute atomic E-state index is 0.107. The van der Waals surface area contributed by atoms with E-state index in [0.717, 1.165) is 11.1 Å². The van der Waals surface area contributed by atoms with Crippen LogP contribution < -0.4 is 5.32 Å². The van der Waals surface area contributed by atoms with Crippen LogP contribution in [-0.4, -0.2) is 21.7 Å². The van der Waals surface area contributed by atoms with Crippen LogP contribution in [0.1, 0.15) is 30.5 Å². The van der Waals surface area contributed by atoms with Crippen molar-refractivity contribution in [2.45, 2.75) is 19.4 Å². The lowest BCUT2D eigenvalue weighted by atomic mass is 9.93. The van der Waals surface area contributed by atoms with Crippen molar-refractivity contribution in [2.24, 2.45) is 0 Å². The molecule has 0 saturated carbocycles. The summed E-state index contributed by atoms with van der Waals surface area (Å²) in [6.45, 7) is 1.48. The molecule has 7 heteroatoms. The summed E-state index contributed by atoms with van der Waals surface area (Å²) in [5.41, 5.74) is 3.17. The Morgan fingerprint density at radius 3 is 2.83 bits per heavy atom. The van der Waals surface area contributed by atoms with Crippen LogP contribution in [0.4, 0.5) is 9.52 Å². The highest BCUT2D eigenvalue weighted by molar-refractivity contribution is 7.14. The molecule has 4 rings (SSSR count). The van der Waals surface area contributed by atoms with Crippen LogP contribution in [0.25, 0.3) is 17.3 Å². The zero-order chi connectivity index (χ0) is 20.4. The molecule has 1 N–H and O–H groups in total. The lowest BCUT2D eigenvalue weighted by Gasteiger charge is -2.32. The molecule has 0 bridgehead atoms. The molecule has 2 amide bonds. The number of fused-ring (bicyclic) bond motifs is 1. The topological polar surface area (TPSA) is 62.3 Å². The largest absolute Gasteiger partial charge is 0.311 e. The van der Waals surface area contributed by atoms with Crippen molar-refractivity contribution in [3.8, 4) is 11.3 Å². The molecule has 146 valence electrons. The first-order valence-corrected chi connectivity index (χ1v) is 9.96. The SMILES string of the molecule is CC(=O)N1C=Cc2ccccc2C1CC(=O)Nc1nc(-c2cccc(F)c2)cs1. The highest BCUT2D eigenvalue weighted by Crippen LogP contribution is 2.33. The summed E-state index contributed by atoms with van der Waals surface area (Å²) in [6, 6.07) is 13.5. The molecular formula is C22H18FN3O2S. The summed E-state index contributed by atoms with van der Waals surface area (Å²) in [5, 5.41) is 5.00. The molecule has 0 fully saturated rings. The first kappa shape index (κ1) is 19.0. The van der Waals surface area contributed by atoms with E-state index in [1.165, 1.54) is 30.4 Å². The number of halogens is 1. The van der Waals surface area contributed by atoms with E-state index in [2.05, 4.69) is 10.3 Å². The third-order valence-electron chi connectivity index (χ3n) is 4.72. The third kappa shape index (κ3) is 4.09. The number of rotatable bonds is 4. The van der Waals surface area contributed by atoms with Crippen molar-refractivity contribution >= 4 is 34.4 Å². The van der Waals surface area contributed by atoms with Crippen LogP contribution in [0.15, 0.2) is 60.1 Å². The van der Waals surface area contributed by atoms with Gasteiger partial charge < -0.3 is 10.2 Å². The van der Waals surface area contributed by atoms with Gasteiger partial charge in [0, 0.05) is 24.1 Å². The predicted molar refractivity (Wildman–Crippen MR) is 111 cm³/mol. The van der Waals surface area contributed by atoms with Gasteiger partial charge in [0.05, 0.1) is 18.2 Å². The van der Waals surface area contributed by atoms with E-state index < -0.39 is 0 Å². The molecule has 2 aromatic carbocycles. The molecule has 2 heterocycles. The molecule has 29 heavy (non-hydrogen) atoms. The van der Waals surface area contributed by atoms with Crippen molar-refractivity contribution in [2.75, 3.05) is 5.32 Å². The van der Waals surface area contributed by atoms with Crippen molar-refractivity contribution in [3.63, 3.8) is 0 Å². The van der Waals surface area contributed by atoms with Crippen LogP contribution in [0.5, 0.6) is 0 Å². The molecular weight excluding hydrogens is 389 g/mol. The maximum atomic E-state index is 13.4. The van der Waals surface area contributed by atoms with E-state index in [1.807, 2.05) is 30.3 Å². The monoisotopic (exact) mass is 407 g/mol. The molecule has 0 saturated heterocycles. The van der Waals surface area contributed by atoms with Gasteiger partial charge in [-0.2, -0.15) is 0 Å². The number of nitrogens with one attached hydrogen (secondary N) is 1. The maximum absolute atomic E-state index is 13.4. The molecule has 1 unspecified atom stereocenters. The molecule has 5 nitrogen and oxygen atoms in total. The molecule has 0 radical (unpaired) electrons.